The third-order valence-corrected chi connectivity index (χ3v) is 3.51. The van der Waals surface area contributed by atoms with Crippen LogP contribution in [0.2, 0.25) is 0 Å². The first-order valence-electron chi connectivity index (χ1n) is 7.28. The van der Waals surface area contributed by atoms with E-state index in [0.29, 0.717) is 0 Å². The number of nitrogens with zero attached hydrogens (tertiary/aromatic N) is 4. The Morgan fingerprint density at radius 3 is 2.71 bits per heavy atom. The molecule has 0 bridgehead atoms. The summed E-state index contributed by atoms with van der Waals surface area (Å²) in [5, 5.41) is 3.32. The van der Waals surface area contributed by atoms with Crippen molar-refractivity contribution in [1.29, 1.82) is 0 Å². The van der Waals surface area contributed by atoms with Crippen LogP contribution in [0, 0.1) is 6.92 Å². The summed E-state index contributed by atoms with van der Waals surface area (Å²) < 4.78 is 2.03. The lowest BCUT2D eigenvalue weighted by Gasteiger charge is -2.13. The number of para-hydroxylation sites is 2. The highest BCUT2D eigenvalue weighted by Gasteiger charge is 2.13. The Morgan fingerprint density at radius 2 is 1.95 bits per heavy atom. The molecule has 0 saturated heterocycles. The van der Waals surface area contributed by atoms with Gasteiger partial charge in [-0.3, -0.25) is 4.57 Å². The van der Waals surface area contributed by atoms with Gasteiger partial charge >= 0.3 is 0 Å². The van der Waals surface area contributed by atoms with E-state index in [2.05, 4.69) is 35.2 Å². The predicted molar refractivity (Wildman–Crippen MR) is 84.9 cm³/mol. The molecule has 0 amide bonds. The average molecular weight is 281 g/mol. The Hall–Kier alpha value is -2.43. The third-order valence-electron chi connectivity index (χ3n) is 3.51. The standard InChI is InChI=1S/C16H19N5/c1-4-14-19-15(17-5-2)11(3)16(20-14)21-10-18-12-8-6-7-9-13(12)21/h6-10H,4-5H2,1-3H3,(H,17,19,20). The number of nitrogens with one attached hydrogen (secondary N) is 1. The highest BCUT2D eigenvalue weighted by Crippen LogP contribution is 2.23. The number of fused-ring (bicyclic) bond motifs is 1. The minimum atomic E-state index is 0.804. The van der Waals surface area contributed by atoms with Gasteiger partial charge in [-0.1, -0.05) is 19.1 Å². The van der Waals surface area contributed by atoms with Crippen LogP contribution in [0.4, 0.5) is 5.82 Å². The minimum absolute atomic E-state index is 0.804. The summed E-state index contributed by atoms with van der Waals surface area (Å²) in [4.78, 5) is 13.7. The van der Waals surface area contributed by atoms with Gasteiger partial charge in [0.1, 0.15) is 23.8 Å². The van der Waals surface area contributed by atoms with Crippen LogP contribution in [-0.4, -0.2) is 26.1 Å². The first-order valence-corrected chi connectivity index (χ1v) is 7.28. The summed E-state index contributed by atoms with van der Waals surface area (Å²) in [7, 11) is 0. The molecule has 5 heteroatoms. The molecule has 3 aromatic rings. The van der Waals surface area contributed by atoms with Crippen molar-refractivity contribution < 1.29 is 0 Å². The first-order chi connectivity index (χ1) is 10.2. The van der Waals surface area contributed by atoms with Gasteiger partial charge in [0, 0.05) is 18.5 Å². The topological polar surface area (TPSA) is 55.6 Å². The van der Waals surface area contributed by atoms with Gasteiger partial charge in [0.25, 0.3) is 0 Å². The molecule has 5 nitrogen and oxygen atoms in total. The molecule has 0 unspecified atom stereocenters. The summed E-state index contributed by atoms with van der Waals surface area (Å²) in [6.07, 6.45) is 2.63. The van der Waals surface area contributed by atoms with Crippen molar-refractivity contribution >= 4 is 16.9 Å². The van der Waals surface area contributed by atoms with Gasteiger partial charge in [-0.15, -0.1) is 0 Å². The number of rotatable bonds is 4. The van der Waals surface area contributed by atoms with Crippen LogP contribution in [0.1, 0.15) is 25.2 Å². The van der Waals surface area contributed by atoms with Crippen molar-refractivity contribution in [2.45, 2.75) is 27.2 Å². The maximum atomic E-state index is 4.70. The van der Waals surface area contributed by atoms with Crippen LogP contribution >= 0.6 is 0 Å². The number of hydrogen-bond acceptors (Lipinski definition) is 4. The molecule has 1 N–H and O–H groups in total. The minimum Gasteiger partial charge on any atom is -0.370 e. The zero-order valence-electron chi connectivity index (χ0n) is 12.6. The monoisotopic (exact) mass is 281 g/mol. The Labute approximate surface area is 124 Å². The molecule has 108 valence electrons. The number of aryl methyl sites for hydroxylation is 1. The van der Waals surface area contributed by atoms with Crippen molar-refractivity contribution in [1.82, 2.24) is 19.5 Å². The smallest absolute Gasteiger partial charge is 0.147 e. The van der Waals surface area contributed by atoms with E-state index in [1.807, 2.05) is 36.0 Å². The molecule has 0 aliphatic heterocycles. The molecule has 21 heavy (non-hydrogen) atoms. The fraction of sp³-hybridized carbons (Fsp3) is 0.312. The summed E-state index contributed by atoms with van der Waals surface area (Å²) in [6.45, 7) is 7.02. The lowest BCUT2D eigenvalue weighted by Crippen LogP contribution is -2.10. The number of imidazole rings is 1. The molecular formula is C16H19N5. The fourth-order valence-corrected chi connectivity index (χ4v) is 2.41. The van der Waals surface area contributed by atoms with Crippen LogP contribution in [0.15, 0.2) is 30.6 Å². The van der Waals surface area contributed by atoms with Crippen LogP contribution in [0.5, 0.6) is 0 Å². The summed E-state index contributed by atoms with van der Waals surface area (Å²) in [6, 6.07) is 8.08. The number of benzene rings is 1. The van der Waals surface area contributed by atoms with E-state index in [0.717, 1.165) is 47.0 Å². The van der Waals surface area contributed by atoms with Gasteiger partial charge in [-0.05, 0) is 26.0 Å². The van der Waals surface area contributed by atoms with E-state index in [9.17, 15) is 0 Å². The molecule has 2 aromatic heterocycles. The second-order valence-corrected chi connectivity index (χ2v) is 4.92. The Kier molecular flexibility index (Phi) is 3.56. The van der Waals surface area contributed by atoms with E-state index < -0.39 is 0 Å². The number of anilines is 1. The van der Waals surface area contributed by atoms with Gasteiger partial charge in [-0.25, -0.2) is 15.0 Å². The largest absolute Gasteiger partial charge is 0.370 e. The SMILES string of the molecule is CCNc1nc(CC)nc(-n2cnc3ccccc32)c1C. The molecule has 0 fully saturated rings. The van der Waals surface area contributed by atoms with Gasteiger partial charge < -0.3 is 5.32 Å². The van der Waals surface area contributed by atoms with Crippen LogP contribution in [0.3, 0.4) is 0 Å². The lowest BCUT2D eigenvalue weighted by atomic mass is 10.2. The highest BCUT2D eigenvalue weighted by molar-refractivity contribution is 5.77. The first kappa shape index (κ1) is 13.5. The fourth-order valence-electron chi connectivity index (χ4n) is 2.41. The molecule has 3 rings (SSSR count). The Balaban J connectivity index is 2.23. The third kappa shape index (κ3) is 2.35. The number of aromatic nitrogens is 4. The van der Waals surface area contributed by atoms with E-state index in [1.165, 1.54) is 0 Å². The van der Waals surface area contributed by atoms with Crippen LogP contribution in [-0.2, 0) is 6.42 Å². The summed E-state index contributed by atoms with van der Waals surface area (Å²) in [5.41, 5.74) is 3.07. The van der Waals surface area contributed by atoms with Gasteiger partial charge in [0.2, 0.25) is 0 Å². The normalized spacial score (nSPS) is 11.0. The molecule has 0 radical (unpaired) electrons. The maximum Gasteiger partial charge on any atom is 0.147 e. The molecule has 1 aromatic carbocycles. The van der Waals surface area contributed by atoms with Gasteiger partial charge in [0.15, 0.2) is 0 Å². The van der Waals surface area contributed by atoms with E-state index in [4.69, 9.17) is 4.98 Å². The molecule has 0 saturated carbocycles. The van der Waals surface area contributed by atoms with Gasteiger partial charge in [0.05, 0.1) is 11.0 Å². The predicted octanol–water partition coefficient (Wildman–Crippen LogP) is 3.12. The maximum absolute atomic E-state index is 4.70. The van der Waals surface area contributed by atoms with E-state index >= 15 is 0 Å². The molecule has 2 heterocycles. The Morgan fingerprint density at radius 1 is 1.14 bits per heavy atom. The molecule has 0 aliphatic carbocycles. The van der Waals surface area contributed by atoms with Crippen LogP contribution in [0.25, 0.3) is 16.9 Å². The van der Waals surface area contributed by atoms with Crippen LogP contribution < -0.4 is 5.32 Å². The Bertz CT molecular complexity index is 775. The molecule has 0 atom stereocenters. The van der Waals surface area contributed by atoms with Crippen molar-refractivity contribution in [2.24, 2.45) is 0 Å². The quantitative estimate of drug-likeness (QED) is 0.798. The second kappa shape index (κ2) is 5.52. The highest BCUT2D eigenvalue weighted by atomic mass is 15.1. The second-order valence-electron chi connectivity index (χ2n) is 4.92. The van der Waals surface area contributed by atoms with Crippen molar-refractivity contribution in [2.75, 3.05) is 11.9 Å². The summed E-state index contributed by atoms with van der Waals surface area (Å²) in [5.74, 6) is 2.63. The molecular weight excluding hydrogens is 262 g/mol. The van der Waals surface area contributed by atoms with E-state index in [1.54, 1.807) is 0 Å². The molecule has 0 spiro atoms. The van der Waals surface area contributed by atoms with Crippen molar-refractivity contribution in [3.05, 3.63) is 42.0 Å². The van der Waals surface area contributed by atoms with Crippen molar-refractivity contribution in [3.8, 4) is 5.82 Å². The zero-order chi connectivity index (χ0) is 14.8. The lowest BCUT2D eigenvalue weighted by molar-refractivity contribution is 0.881. The number of hydrogen-bond donors (Lipinski definition) is 1. The van der Waals surface area contributed by atoms with Gasteiger partial charge in [-0.2, -0.15) is 0 Å². The van der Waals surface area contributed by atoms with Crippen molar-refractivity contribution in [3.63, 3.8) is 0 Å². The zero-order valence-corrected chi connectivity index (χ0v) is 12.6. The average Bonchev–Trinajstić information content (AvgIpc) is 2.93. The van der Waals surface area contributed by atoms with E-state index in [-0.39, 0.29) is 0 Å². The summed E-state index contributed by atoms with van der Waals surface area (Å²) >= 11 is 0. The molecule has 0 aliphatic rings.